The van der Waals surface area contributed by atoms with Crippen LogP contribution in [0.2, 0.25) is 0 Å². The van der Waals surface area contributed by atoms with Crippen LogP contribution in [-0.4, -0.2) is 62.4 Å². The zero-order valence-electron chi connectivity index (χ0n) is 15.4. The van der Waals surface area contributed by atoms with E-state index in [1.165, 1.54) is 4.31 Å². The highest BCUT2D eigenvalue weighted by Gasteiger charge is 2.33. The highest BCUT2D eigenvalue weighted by molar-refractivity contribution is 7.89. The first-order chi connectivity index (χ1) is 12.5. The molecule has 26 heavy (non-hydrogen) atoms. The van der Waals surface area contributed by atoms with Crippen LogP contribution in [0, 0.1) is 0 Å². The van der Waals surface area contributed by atoms with Gasteiger partial charge in [-0.25, -0.2) is 8.42 Å². The van der Waals surface area contributed by atoms with Crippen LogP contribution in [0.5, 0.6) is 0 Å². The van der Waals surface area contributed by atoms with E-state index in [-0.39, 0.29) is 12.0 Å². The molecule has 3 rings (SSSR count). The normalized spacial score (nSPS) is 21.9. The van der Waals surface area contributed by atoms with Crippen molar-refractivity contribution in [2.75, 3.05) is 32.8 Å². The maximum atomic E-state index is 12.8. The predicted molar refractivity (Wildman–Crippen MR) is 99.4 cm³/mol. The number of hydrogen-bond donors (Lipinski definition) is 0. The number of benzene rings is 1. The van der Waals surface area contributed by atoms with Gasteiger partial charge in [-0.2, -0.15) is 4.31 Å². The van der Waals surface area contributed by atoms with Gasteiger partial charge in [-0.3, -0.25) is 4.79 Å². The third kappa shape index (κ3) is 4.27. The summed E-state index contributed by atoms with van der Waals surface area (Å²) in [6.45, 7) is 4.29. The Morgan fingerprint density at radius 3 is 2.42 bits per heavy atom. The van der Waals surface area contributed by atoms with E-state index in [2.05, 4.69) is 6.92 Å². The number of carbonyl (C=O) groups excluding carboxylic acids is 1. The van der Waals surface area contributed by atoms with Crippen LogP contribution in [0.1, 0.15) is 38.2 Å². The van der Waals surface area contributed by atoms with Crippen molar-refractivity contribution in [1.29, 1.82) is 0 Å². The fourth-order valence-electron chi connectivity index (χ4n) is 3.48. The molecule has 0 N–H and O–H groups in total. The summed E-state index contributed by atoms with van der Waals surface area (Å²) in [5.41, 5.74) is 1.16. The largest absolute Gasteiger partial charge is 0.368 e. The third-order valence-electron chi connectivity index (χ3n) is 5.14. The molecule has 0 saturated carbocycles. The minimum atomic E-state index is -3.50. The molecule has 0 aliphatic carbocycles. The molecule has 144 valence electrons. The second kappa shape index (κ2) is 8.50. The summed E-state index contributed by atoms with van der Waals surface area (Å²) in [7, 11) is -3.50. The molecule has 1 amide bonds. The Balaban J connectivity index is 1.59. The first kappa shape index (κ1) is 19.3. The Hall–Kier alpha value is -1.44. The number of amides is 1. The van der Waals surface area contributed by atoms with Crippen molar-refractivity contribution in [3.8, 4) is 0 Å². The van der Waals surface area contributed by atoms with Crippen molar-refractivity contribution in [2.45, 2.75) is 50.0 Å². The van der Waals surface area contributed by atoms with Crippen LogP contribution in [0.3, 0.4) is 0 Å². The molecule has 2 aliphatic rings. The van der Waals surface area contributed by atoms with Crippen LogP contribution < -0.4 is 0 Å². The molecular weight excluding hydrogens is 352 g/mol. The van der Waals surface area contributed by atoms with Gasteiger partial charge in [0.05, 0.1) is 4.90 Å². The Bertz CT molecular complexity index is 704. The fraction of sp³-hybridized carbons (Fsp3) is 0.632. The van der Waals surface area contributed by atoms with E-state index in [0.717, 1.165) is 37.7 Å². The van der Waals surface area contributed by atoms with Gasteiger partial charge in [-0.05, 0) is 43.4 Å². The van der Waals surface area contributed by atoms with E-state index >= 15 is 0 Å². The molecule has 7 heteroatoms. The monoisotopic (exact) mass is 380 g/mol. The smallest absolute Gasteiger partial charge is 0.251 e. The molecule has 0 unspecified atom stereocenters. The number of aryl methyl sites for hydroxylation is 1. The van der Waals surface area contributed by atoms with Crippen LogP contribution in [0.25, 0.3) is 0 Å². The zero-order valence-corrected chi connectivity index (χ0v) is 16.2. The Kier molecular flexibility index (Phi) is 6.32. The summed E-state index contributed by atoms with van der Waals surface area (Å²) in [4.78, 5) is 14.4. The number of hydrogen-bond acceptors (Lipinski definition) is 4. The van der Waals surface area contributed by atoms with E-state index in [9.17, 15) is 13.2 Å². The number of nitrogens with zero attached hydrogens (tertiary/aromatic N) is 2. The predicted octanol–water partition coefficient (Wildman–Crippen LogP) is 2.04. The van der Waals surface area contributed by atoms with Gasteiger partial charge in [0, 0.05) is 32.8 Å². The lowest BCUT2D eigenvalue weighted by Gasteiger charge is -2.35. The SMILES string of the molecule is CCCCc1ccc(S(=O)(=O)N2CCN(C(=O)[C@H]3CCCO3)CC2)cc1. The minimum Gasteiger partial charge on any atom is -0.368 e. The van der Waals surface area contributed by atoms with Crippen molar-refractivity contribution in [3.63, 3.8) is 0 Å². The molecule has 0 radical (unpaired) electrons. The molecule has 1 aromatic carbocycles. The van der Waals surface area contributed by atoms with Crippen LogP contribution in [0.4, 0.5) is 0 Å². The number of ether oxygens (including phenoxy) is 1. The number of unbranched alkanes of at least 4 members (excludes halogenated alkanes) is 1. The lowest BCUT2D eigenvalue weighted by atomic mass is 10.1. The molecule has 0 spiro atoms. The van der Waals surface area contributed by atoms with Crippen molar-refractivity contribution >= 4 is 15.9 Å². The molecule has 0 bridgehead atoms. The quantitative estimate of drug-likeness (QED) is 0.757. The molecule has 1 aromatic rings. The van der Waals surface area contributed by atoms with Crippen molar-refractivity contribution in [3.05, 3.63) is 29.8 Å². The van der Waals surface area contributed by atoms with Crippen LogP contribution in [-0.2, 0) is 26.0 Å². The lowest BCUT2D eigenvalue weighted by Crippen LogP contribution is -2.52. The summed E-state index contributed by atoms with van der Waals surface area (Å²) >= 11 is 0. The molecule has 1 atom stereocenters. The lowest BCUT2D eigenvalue weighted by molar-refractivity contribution is -0.142. The summed E-state index contributed by atoms with van der Waals surface area (Å²) in [6, 6.07) is 7.20. The van der Waals surface area contributed by atoms with Gasteiger partial charge in [0.25, 0.3) is 5.91 Å². The minimum absolute atomic E-state index is 0.000162. The van der Waals surface area contributed by atoms with E-state index < -0.39 is 10.0 Å². The fourth-order valence-corrected chi connectivity index (χ4v) is 4.91. The molecule has 2 saturated heterocycles. The van der Waals surface area contributed by atoms with E-state index in [1.54, 1.807) is 17.0 Å². The van der Waals surface area contributed by atoms with Gasteiger partial charge >= 0.3 is 0 Å². The van der Waals surface area contributed by atoms with Gasteiger partial charge in [-0.15, -0.1) is 0 Å². The second-order valence-electron chi connectivity index (χ2n) is 6.98. The topological polar surface area (TPSA) is 66.9 Å². The molecular formula is C19H28N2O4S. The van der Waals surface area contributed by atoms with Gasteiger partial charge in [0.15, 0.2) is 0 Å². The molecule has 0 aromatic heterocycles. The van der Waals surface area contributed by atoms with Gasteiger partial charge in [-0.1, -0.05) is 25.5 Å². The van der Waals surface area contributed by atoms with Crippen molar-refractivity contribution in [2.24, 2.45) is 0 Å². The van der Waals surface area contributed by atoms with Crippen LogP contribution in [0.15, 0.2) is 29.2 Å². The highest BCUT2D eigenvalue weighted by atomic mass is 32.2. The number of rotatable bonds is 6. The Labute approximate surface area is 156 Å². The molecule has 2 fully saturated rings. The molecule has 2 heterocycles. The van der Waals surface area contributed by atoms with E-state index in [0.29, 0.717) is 37.7 Å². The van der Waals surface area contributed by atoms with Gasteiger partial charge in [0.2, 0.25) is 10.0 Å². The highest BCUT2D eigenvalue weighted by Crippen LogP contribution is 2.21. The van der Waals surface area contributed by atoms with Gasteiger partial charge < -0.3 is 9.64 Å². The van der Waals surface area contributed by atoms with Gasteiger partial charge in [0.1, 0.15) is 6.10 Å². The second-order valence-corrected chi connectivity index (χ2v) is 8.92. The van der Waals surface area contributed by atoms with Crippen molar-refractivity contribution in [1.82, 2.24) is 9.21 Å². The van der Waals surface area contributed by atoms with Crippen molar-refractivity contribution < 1.29 is 17.9 Å². The summed E-state index contributed by atoms with van der Waals surface area (Å²) in [6.07, 6.45) is 4.54. The van der Waals surface area contributed by atoms with E-state index in [1.807, 2.05) is 12.1 Å². The Morgan fingerprint density at radius 2 is 1.85 bits per heavy atom. The third-order valence-corrected chi connectivity index (χ3v) is 7.05. The maximum Gasteiger partial charge on any atom is 0.251 e. The number of sulfonamides is 1. The standard InChI is InChI=1S/C19H28N2O4S/c1-2-3-5-16-7-9-17(10-8-16)26(23,24)21-13-11-20(12-14-21)19(22)18-6-4-15-25-18/h7-10,18H,2-6,11-15H2,1H3/t18-/m1/s1. The molecule has 2 aliphatic heterocycles. The maximum absolute atomic E-state index is 12.8. The summed E-state index contributed by atoms with van der Waals surface area (Å²) in [5.74, 6) is -0.000162. The average molecular weight is 381 g/mol. The number of carbonyl (C=O) groups is 1. The molecule has 6 nitrogen and oxygen atoms in total. The first-order valence-corrected chi connectivity index (χ1v) is 11.0. The van der Waals surface area contributed by atoms with E-state index in [4.69, 9.17) is 4.74 Å². The van der Waals surface area contributed by atoms with Crippen LogP contribution >= 0.6 is 0 Å². The number of piperazine rings is 1. The summed E-state index contributed by atoms with van der Waals surface area (Å²) < 4.78 is 32.6. The first-order valence-electron chi connectivity index (χ1n) is 9.52. The summed E-state index contributed by atoms with van der Waals surface area (Å²) in [5, 5.41) is 0. The Morgan fingerprint density at radius 1 is 1.15 bits per heavy atom. The zero-order chi connectivity index (χ0) is 18.6. The average Bonchev–Trinajstić information content (AvgIpc) is 3.21.